The van der Waals surface area contributed by atoms with Crippen LogP contribution in [0, 0.1) is 0 Å². The second-order valence-electron chi connectivity index (χ2n) is 8.75. The van der Waals surface area contributed by atoms with Crippen molar-refractivity contribution in [2.24, 2.45) is 0 Å². The molecule has 1 atom stereocenters. The van der Waals surface area contributed by atoms with Crippen molar-refractivity contribution in [1.29, 1.82) is 0 Å². The summed E-state index contributed by atoms with van der Waals surface area (Å²) in [5.41, 5.74) is 3.33. The third-order valence-electron chi connectivity index (χ3n) is 6.68. The van der Waals surface area contributed by atoms with E-state index in [9.17, 15) is 4.39 Å². The number of anilines is 1. The van der Waals surface area contributed by atoms with Gasteiger partial charge in [-0.1, -0.05) is 17.3 Å². The third-order valence-corrected chi connectivity index (χ3v) is 6.68. The Kier molecular flexibility index (Phi) is 4.90. The van der Waals surface area contributed by atoms with Gasteiger partial charge in [0.05, 0.1) is 18.3 Å². The molecule has 0 N–H and O–H groups in total. The lowest BCUT2D eigenvalue weighted by Gasteiger charge is -2.33. The van der Waals surface area contributed by atoms with Crippen molar-refractivity contribution in [2.75, 3.05) is 31.1 Å². The van der Waals surface area contributed by atoms with Gasteiger partial charge < -0.3 is 4.90 Å². The Balaban J connectivity index is 1.22. The molecule has 0 bridgehead atoms. The first-order valence-electron chi connectivity index (χ1n) is 11.3. The van der Waals surface area contributed by atoms with Gasteiger partial charge in [0.25, 0.3) is 0 Å². The molecule has 1 aromatic carbocycles. The zero-order valence-electron chi connectivity index (χ0n) is 17.8. The minimum absolute atomic E-state index is 0.453. The fraction of sp³-hybridized carbons (Fsp3) is 0.435. The lowest BCUT2D eigenvalue weighted by molar-refractivity contribution is 0.119. The van der Waals surface area contributed by atoms with Gasteiger partial charge in [-0.3, -0.25) is 9.88 Å². The quantitative estimate of drug-likeness (QED) is 0.491. The highest BCUT2D eigenvalue weighted by Crippen LogP contribution is 2.25. The molecule has 8 nitrogen and oxygen atoms in total. The Morgan fingerprint density at radius 3 is 2.84 bits per heavy atom. The van der Waals surface area contributed by atoms with Crippen LogP contribution in [0.2, 0.25) is 0 Å². The molecule has 1 unspecified atom stereocenters. The first kappa shape index (κ1) is 19.5. The van der Waals surface area contributed by atoms with Crippen LogP contribution < -0.4 is 4.90 Å². The highest BCUT2D eigenvalue weighted by Gasteiger charge is 2.31. The van der Waals surface area contributed by atoms with E-state index in [0.29, 0.717) is 36.7 Å². The molecule has 0 saturated carbocycles. The maximum atomic E-state index is 13.5. The summed E-state index contributed by atoms with van der Waals surface area (Å²) in [6.45, 7) is 4.10. The minimum atomic E-state index is -0.635. The van der Waals surface area contributed by atoms with E-state index in [0.717, 1.165) is 54.9 Å². The van der Waals surface area contributed by atoms with Gasteiger partial charge in [-0.25, -0.2) is 19.0 Å². The number of halogens is 1. The van der Waals surface area contributed by atoms with Crippen molar-refractivity contribution in [3.63, 3.8) is 0 Å². The second-order valence-corrected chi connectivity index (χ2v) is 8.75. The average Bonchev–Trinajstić information content (AvgIpc) is 3.47. The summed E-state index contributed by atoms with van der Waals surface area (Å²) in [4.78, 5) is 18.5. The number of pyridine rings is 1. The van der Waals surface area contributed by atoms with Gasteiger partial charge >= 0.3 is 0 Å². The highest BCUT2D eigenvalue weighted by atomic mass is 19.1. The molecule has 0 radical (unpaired) electrons. The van der Waals surface area contributed by atoms with Crippen molar-refractivity contribution in [2.45, 2.75) is 38.0 Å². The lowest BCUT2D eigenvalue weighted by atomic mass is 10.1. The zero-order chi connectivity index (χ0) is 21.5. The molecule has 3 aromatic heterocycles. The Morgan fingerprint density at radius 2 is 1.94 bits per heavy atom. The largest absolute Gasteiger partial charge is 0.354 e. The lowest BCUT2D eigenvalue weighted by Crippen LogP contribution is -2.43. The smallest absolute Gasteiger partial charge is 0.221 e. The van der Waals surface area contributed by atoms with Crippen LogP contribution in [0.3, 0.4) is 0 Å². The van der Waals surface area contributed by atoms with Gasteiger partial charge in [-0.2, -0.15) is 0 Å². The number of hydrogen-bond acceptors (Lipinski definition) is 7. The average molecular weight is 433 g/mol. The van der Waals surface area contributed by atoms with Crippen LogP contribution in [0.1, 0.15) is 24.8 Å². The fourth-order valence-corrected chi connectivity index (χ4v) is 4.88. The van der Waals surface area contributed by atoms with E-state index in [4.69, 9.17) is 4.98 Å². The molecular weight excluding hydrogens is 407 g/mol. The van der Waals surface area contributed by atoms with E-state index in [1.54, 1.807) is 12.4 Å². The van der Waals surface area contributed by atoms with Gasteiger partial charge in [0.1, 0.15) is 12.0 Å². The Hall–Kier alpha value is -3.20. The van der Waals surface area contributed by atoms with Crippen LogP contribution in [-0.2, 0) is 6.54 Å². The van der Waals surface area contributed by atoms with Crippen LogP contribution in [0.15, 0.2) is 42.7 Å². The number of rotatable bonds is 4. The Bertz CT molecular complexity index is 1250. The monoisotopic (exact) mass is 432 g/mol. The van der Waals surface area contributed by atoms with Crippen molar-refractivity contribution in [1.82, 2.24) is 34.8 Å². The van der Waals surface area contributed by atoms with Crippen LogP contribution in [0.5, 0.6) is 0 Å². The molecule has 0 amide bonds. The van der Waals surface area contributed by atoms with Crippen LogP contribution in [-0.4, -0.2) is 73.2 Å². The van der Waals surface area contributed by atoms with E-state index in [-0.39, 0.29) is 0 Å². The molecule has 0 spiro atoms. The number of hydrogen-bond donors (Lipinski definition) is 0. The molecule has 2 saturated heterocycles. The number of likely N-dealkylation sites (tertiary alicyclic amines) is 1. The van der Waals surface area contributed by atoms with Gasteiger partial charge in [-0.15, -0.1) is 5.10 Å². The van der Waals surface area contributed by atoms with Crippen molar-refractivity contribution in [3.05, 3.63) is 48.3 Å². The molecule has 4 aromatic rings. The van der Waals surface area contributed by atoms with Gasteiger partial charge in [0, 0.05) is 43.8 Å². The summed E-state index contributed by atoms with van der Waals surface area (Å²) < 4.78 is 15.3. The molecule has 32 heavy (non-hydrogen) atoms. The van der Waals surface area contributed by atoms with E-state index in [1.165, 1.54) is 0 Å². The number of aromatic nitrogens is 6. The fourth-order valence-electron chi connectivity index (χ4n) is 4.88. The van der Waals surface area contributed by atoms with Crippen molar-refractivity contribution in [3.8, 4) is 0 Å². The normalized spacial score (nSPS) is 20.5. The zero-order valence-corrected chi connectivity index (χ0v) is 17.8. The standard InChI is InChI=1S/C23H25FN8/c24-18-5-9-30(10-6-18)19-7-11-31(15-19)21-13-26-22-23(27-21)32(29-28-22)14-16-3-4-20-17(12-16)2-1-8-25-20/h1-4,8,12-13,18-19H,5-7,9-11,14-15H2. The van der Waals surface area contributed by atoms with Crippen LogP contribution in [0.4, 0.5) is 10.2 Å². The number of alkyl halides is 1. The number of nitrogens with zero attached hydrogens (tertiary/aromatic N) is 8. The molecule has 9 heteroatoms. The van der Waals surface area contributed by atoms with Gasteiger partial charge in [-0.05, 0) is 43.0 Å². The summed E-state index contributed by atoms with van der Waals surface area (Å²) in [6, 6.07) is 10.7. The minimum Gasteiger partial charge on any atom is -0.354 e. The second kappa shape index (κ2) is 8.05. The van der Waals surface area contributed by atoms with E-state index < -0.39 is 6.17 Å². The Labute approximate surface area is 185 Å². The maximum Gasteiger partial charge on any atom is 0.221 e. The Morgan fingerprint density at radius 1 is 1.03 bits per heavy atom. The van der Waals surface area contributed by atoms with Gasteiger partial charge in [0.15, 0.2) is 5.65 Å². The summed E-state index contributed by atoms with van der Waals surface area (Å²) >= 11 is 0. The van der Waals surface area contributed by atoms with Crippen LogP contribution >= 0.6 is 0 Å². The maximum absolute atomic E-state index is 13.5. The van der Waals surface area contributed by atoms with Crippen LogP contribution in [0.25, 0.3) is 22.2 Å². The summed E-state index contributed by atoms with van der Waals surface area (Å²) in [6.07, 6.45) is 5.33. The highest BCUT2D eigenvalue weighted by molar-refractivity contribution is 5.79. The third kappa shape index (κ3) is 3.66. The molecule has 5 heterocycles. The topological polar surface area (TPSA) is 75.9 Å². The summed E-state index contributed by atoms with van der Waals surface area (Å²) in [5, 5.41) is 9.60. The first-order valence-corrected chi connectivity index (χ1v) is 11.3. The number of piperidine rings is 1. The SMILES string of the molecule is FC1CCN(C2CCN(c3cnc4nnn(Cc5ccc6ncccc6c5)c4n3)C2)CC1. The first-order chi connectivity index (χ1) is 15.7. The number of fused-ring (bicyclic) bond motifs is 2. The summed E-state index contributed by atoms with van der Waals surface area (Å²) in [7, 11) is 0. The molecular formula is C23H25FN8. The molecule has 2 aliphatic heterocycles. The number of benzene rings is 1. The summed E-state index contributed by atoms with van der Waals surface area (Å²) in [5.74, 6) is 0.853. The molecule has 6 rings (SSSR count). The predicted molar refractivity (Wildman–Crippen MR) is 120 cm³/mol. The molecule has 2 fully saturated rings. The van der Waals surface area contributed by atoms with E-state index in [2.05, 4.69) is 48.3 Å². The van der Waals surface area contributed by atoms with Crippen molar-refractivity contribution >= 4 is 28.0 Å². The molecule has 164 valence electrons. The van der Waals surface area contributed by atoms with E-state index in [1.807, 2.05) is 16.8 Å². The van der Waals surface area contributed by atoms with Gasteiger partial charge in [0.2, 0.25) is 5.65 Å². The van der Waals surface area contributed by atoms with E-state index >= 15 is 0 Å². The van der Waals surface area contributed by atoms with Crippen molar-refractivity contribution < 1.29 is 4.39 Å². The molecule has 2 aliphatic rings. The predicted octanol–water partition coefficient (Wildman–Crippen LogP) is 2.83. The molecule has 0 aliphatic carbocycles.